The zero-order valence-corrected chi connectivity index (χ0v) is 19.2. The third kappa shape index (κ3) is 5.34. The molecule has 3 rings (SSSR count). The normalized spacial score (nSPS) is 15.5. The number of fused-ring (bicyclic) bond motifs is 3. The molecule has 2 aromatic rings. The minimum absolute atomic E-state index is 0.0871. The highest BCUT2D eigenvalue weighted by molar-refractivity contribution is 5.90. The summed E-state index contributed by atoms with van der Waals surface area (Å²) in [5, 5.41) is 23.8. The van der Waals surface area contributed by atoms with Crippen molar-refractivity contribution >= 4 is 18.0 Å². The molecule has 8 heteroatoms. The van der Waals surface area contributed by atoms with E-state index in [1.54, 1.807) is 20.8 Å². The van der Waals surface area contributed by atoms with Gasteiger partial charge in [-0.05, 0) is 34.6 Å². The maximum Gasteiger partial charge on any atom is 0.407 e. The van der Waals surface area contributed by atoms with Gasteiger partial charge in [-0.15, -0.1) is 0 Å². The smallest absolute Gasteiger partial charge is 0.407 e. The van der Waals surface area contributed by atoms with Crippen LogP contribution in [0.1, 0.15) is 44.7 Å². The molecule has 8 nitrogen and oxygen atoms in total. The van der Waals surface area contributed by atoms with E-state index < -0.39 is 41.6 Å². The Morgan fingerprint density at radius 2 is 1.48 bits per heavy atom. The Balaban J connectivity index is 1.71. The fourth-order valence-corrected chi connectivity index (χ4v) is 4.06. The number of carboxylic acid groups (broad SMARTS) is 1. The number of aliphatic hydroxyl groups excluding tert-OH is 1. The van der Waals surface area contributed by atoms with Crippen molar-refractivity contribution in [2.24, 2.45) is 5.41 Å². The molecule has 0 heterocycles. The lowest BCUT2D eigenvalue weighted by Crippen LogP contribution is -2.58. The van der Waals surface area contributed by atoms with E-state index >= 15 is 0 Å². The van der Waals surface area contributed by atoms with E-state index in [0.29, 0.717) is 0 Å². The summed E-state index contributed by atoms with van der Waals surface area (Å²) < 4.78 is 5.52. The summed E-state index contributed by atoms with van der Waals surface area (Å²) >= 11 is 0. The number of ether oxygens (including phenoxy) is 1. The quantitative estimate of drug-likeness (QED) is 0.510. The molecule has 1 aliphatic rings. The molecule has 0 bridgehead atoms. The van der Waals surface area contributed by atoms with Crippen molar-refractivity contribution in [1.82, 2.24) is 10.6 Å². The maximum atomic E-state index is 12.8. The number of nitrogens with one attached hydrogen (secondary N) is 2. The Morgan fingerprint density at radius 1 is 0.970 bits per heavy atom. The molecule has 2 amide bonds. The lowest BCUT2D eigenvalue weighted by atomic mass is 9.86. The van der Waals surface area contributed by atoms with Crippen LogP contribution in [0.2, 0.25) is 0 Å². The molecular weight excluding hydrogens is 424 g/mol. The molecule has 0 saturated carbocycles. The van der Waals surface area contributed by atoms with Gasteiger partial charge in [0.1, 0.15) is 12.6 Å². The fourth-order valence-electron chi connectivity index (χ4n) is 4.06. The van der Waals surface area contributed by atoms with Crippen LogP contribution in [-0.2, 0) is 14.3 Å². The zero-order chi connectivity index (χ0) is 24.3. The van der Waals surface area contributed by atoms with E-state index in [-0.39, 0.29) is 12.5 Å². The van der Waals surface area contributed by atoms with E-state index in [2.05, 4.69) is 10.6 Å². The molecule has 0 aliphatic heterocycles. The topological polar surface area (TPSA) is 125 Å². The summed E-state index contributed by atoms with van der Waals surface area (Å²) in [6.07, 6.45) is -2.09. The van der Waals surface area contributed by atoms with E-state index in [1.807, 2.05) is 48.5 Å². The predicted molar refractivity (Wildman–Crippen MR) is 123 cm³/mol. The molecule has 4 N–H and O–H groups in total. The van der Waals surface area contributed by atoms with Gasteiger partial charge in [0.15, 0.2) is 6.04 Å². The molecule has 0 spiro atoms. The molecule has 0 aromatic heterocycles. The number of rotatable bonds is 7. The van der Waals surface area contributed by atoms with E-state index in [0.717, 1.165) is 22.3 Å². The van der Waals surface area contributed by atoms with Crippen molar-refractivity contribution in [3.05, 3.63) is 59.7 Å². The van der Waals surface area contributed by atoms with Crippen LogP contribution in [-0.4, -0.2) is 53.0 Å². The van der Waals surface area contributed by atoms with E-state index in [4.69, 9.17) is 4.74 Å². The summed E-state index contributed by atoms with van der Waals surface area (Å²) in [6.45, 7) is 6.56. The van der Waals surface area contributed by atoms with Gasteiger partial charge in [-0.2, -0.15) is 0 Å². The molecule has 2 aromatic carbocycles. The number of aliphatic carboxylic acids is 1. The molecule has 0 radical (unpaired) electrons. The molecule has 1 aliphatic carbocycles. The van der Waals surface area contributed by atoms with Crippen molar-refractivity contribution in [3.8, 4) is 11.1 Å². The standard InChI is InChI=1S/C25H30N2O6/c1-14(28)20(23(30)31)26-22(29)21(25(2,3)4)27-24(32)33-13-19-17-11-7-5-9-15(17)16-10-6-8-12-18(16)19/h5-12,14,19-21,28H,13H2,1-4H3,(H,26,29)(H,27,32)(H,30,31)/t14?,20?,21-/m0/s1. The van der Waals surface area contributed by atoms with Crippen LogP contribution in [0.3, 0.4) is 0 Å². The van der Waals surface area contributed by atoms with Gasteiger partial charge in [-0.1, -0.05) is 69.3 Å². The van der Waals surface area contributed by atoms with Crippen molar-refractivity contribution < 1.29 is 29.3 Å². The van der Waals surface area contributed by atoms with Gasteiger partial charge in [-0.25, -0.2) is 9.59 Å². The van der Waals surface area contributed by atoms with Gasteiger partial charge in [0, 0.05) is 5.92 Å². The van der Waals surface area contributed by atoms with Gasteiger partial charge < -0.3 is 25.6 Å². The first-order valence-electron chi connectivity index (χ1n) is 10.8. The van der Waals surface area contributed by atoms with Crippen LogP contribution >= 0.6 is 0 Å². The summed E-state index contributed by atoms with van der Waals surface area (Å²) in [4.78, 5) is 36.8. The minimum atomic E-state index is -1.49. The number of carbonyl (C=O) groups excluding carboxylic acids is 2. The molecule has 3 atom stereocenters. The fraction of sp³-hybridized carbons (Fsp3) is 0.400. The largest absolute Gasteiger partial charge is 0.480 e. The number of aliphatic hydroxyl groups is 1. The third-order valence-electron chi connectivity index (χ3n) is 5.78. The van der Waals surface area contributed by atoms with Gasteiger partial charge in [0.05, 0.1) is 6.10 Å². The first-order chi connectivity index (χ1) is 15.5. The number of hydrogen-bond donors (Lipinski definition) is 4. The van der Waals surface area contributed by atoms with Gasteiger partial charge in [0.25, 0.3) is 0 Å². The number of amides is 2. The predicted octanol–water partition coefficient (Wildman–Crippen LogP) is 2.89. The Hall–Kier alpha value is -3.39. The monoisotopic (exact) mass is 454 g/mol. The van der Waals surface area contributed by atoms with Crippen molar-refractivity contribution in [2.45, 2.75) is 51.8 Å². The molecule has 0 saturated heterocycles. The first-order valence-corrected chi connectivity index (χ1v) is 10.8. The van der Waals surface area contributed by atoms with Gasteiger partial charge in [0.2, 0.25) is 5.91 Å². The van der Waals surface area contributed by atoms with Crippen molar-refractivity contribution in [1.29, 1.82) is 0 Å². The highest BCUT2D eigenvalue weighted by Gasteiger charge is 2.37. The second-order valence-electron chi connectivity index (χ2n) is 9.33. The second-order valence-corrected chi connectivity index (χ2v) is 9.33. The van der Waals surface area contributed by atoms with E-state index in [9.17, 15) is 24.6 Å². The second kappa shape index (κ2) is 9.62. The number of benzene rings is 2. The van der Waals surface area contributed by atoms with Gasteiger partial charge >= 0.3 is 12.1 Å². The Labute approximate surface area is 193 Å². The average molecular weight is 455 g/mol. The Bertz CT molecular complexity index is 998. The Morgan fingerprint density at radius 3 is 1.94 bits per heavy atom. The first kappa shape index (κ1) is 24.3. The van der Waals surface area contributed by atoms with Crippen molar-refractivity contribution in [3.63, 3.8) is 0 Å². The minimum Gasteiger partial charge on any atom is -0.480 e. The third-order valence-corrected chi connectivity index (χ3v) is 5.78. The summed E-state index contributed by atoms with van der Waals surface area (Å²) in [5.41, 5.74) is 3.60. The summed E-state index contributed by atoms with van der Waals surface area (Å²) in [7, 11) is 0. The van der Waals surface area contributed by atoms with Crippen molar-refractivity contribution in [2.75, 3.05) is 6.61 Å². The summed E-state index contributed by atoms with van der Waals surface area (Å²) in [6, 6.07) is 13.3. The van der Waals surface area contributed by atoms with Crippen LogP contribution < -0.4 is 10.6 Å². The number of carboxylic acids is 1. The number of hydrogen-bond acceptors (Lipinski definition) is 5. The highest BCUT2D eigenvalue weighted by atomic mass is 16.5. The molecule has 176 valence electrons. The van der Waals surface area contributed by atoms with Crippen LogP contribution in [0.4, 0.5) is 4.79 Å². The van der Waals surface area contributed by atoms with Crippen LogP contribution in [0.15, 0.2) is 48.5 Å². The average Bonchev–Trinajstić information content (AvgIpc) is 3.06. The van der Waals surface area contributed by atoms with Crippen LogP contribution in [0.5, 0.6) is 0 Å². The SMILES string of the molecule is CC(O)C(NC(=O)[C@H](NC(=O)OCC1c2ccccc2-c2ccccc21)C(C)(C)C)C(=O)O. The maximum absolute atomic E-state index is 12.8. The molecule has 33 heavy (non-hydrogen) atoms. The van der Waals surface area contributed by atoms with Gasteiger partial charge in [-0.3, -0.25) is 4.79 Å². The molecule has 0 fully saturated rings. The zero-order valence-electron chi connectivity index (χ0n) is 19.2. The van der Waals surface area contributed by atoms with Crippen LogP contribution in [0.25, 0.3) is 11.1 Å². The lowest BCUT2D eigenvalue weighted by Gasteiger charge is -2.31. The Kier molecular flexibility index (Phi) is 7.07. The molecular formula is C25H30N2O6. The van der Waals surface area contributed by atoms with Crippen LogP contribution in [0, 0.1) is 5.41 Å². The molecule has 2 unspecified atom stereocenters. The highest BCUT2D eigenvalue weighted by Crippen LogP contribution is 2.44. The lowest BCUT2D eigenvalue weighted by molar-refractivity contribution is -0.145. The number of alkyl carbamates (subject to hydrolysis) is 1. The number of carbonyl (C=O) groups is 3. The van der Waals surface area contributed by atoms with E-state index in [1.165, 1.54) is 6.92 Å². The summed E-state index contributed by atoms with van der Waals surface area (Å²) in [5.74, 6) is -2.21.